The largest absolute Gasteiger partial charge is 0.477 e. The van der Waals surface area contributed by atoms with Gasteiger partial charge in [-0.2, -0.15) is 0 Å². The van der Waals surface area contributed by atoms with Gasteiger partial charge in [0.1, 0.15) is 30.3 Å². The highest BCUT2D eigenvalue weighted by molar-refractivity contribution is 6.27. The van der Waals surface area contributed by atoms with E-state index in [1.807, 2.05) is 10.9 Å². The van der Waals surface area contributed by atoms with E-state index in [-0.39, 0.29) is 5.70 Å². The van der Waals surface area contributed by atoms with Crippen molar-refractivity contribution in [3.8, 4) is 0 Å². The first-order valence-corrected chi connectivity index (χ1v) is 8.02. The Balaban J connectivity index is 1.69. The van der Waals surface area contributed by atoms with Crippen LogP contribution in [0.25, 0.3) is 0 Å². The second-order valence-electron chi connectivity index (χ2n) is 5.65. The molecule has 1 unspecified atom stereocenters. The second kappa shape index (κ2) is 6.92. The average Bonchev–Trinajstić information content (AvgIpc) is 2.99. The van der Waals surface area contributed by atoms with E-state index in [4.69, 9.17) is 26.2 Å². The standard InChI is InChI=1S/C13H13ClN4O9/c14-2-6(19)15-16-12(23)26-3-7-18(13(24)25)9-8-5(27-7)1-4(11(21)22)17(8)10(9)20/h1,5,7-9H,2-3H2,(H,15,19)(H,16,23)(H,21,22)(H,24,25)/t5?,7-,8-,9+/m1/s1. The lowest BCUT2D eigenvalue weighted by molar-refractivity contribution is -0.210. The molecule has 0 bridgehead atoms. The first-order valence-electron chi connectivity index (χ1n) is 7.48. The number of hydrogen-bond donors (Lipinski definition) is 4. The van der Waals surface area contributed by atoms with E-state index >= 15 is 0 Å². The minimum Gasteiger partial charge on any atom is -0.477 e. The molecule has 3 heterocycles. The molecule has 4 N–H and O–H groups in total. The van der Waals surface area contributed by atoms with Crippen LogP contribution in [-0.4, -0.2) is 86.9 Å². The number of aliphatic carboxylic acids is 1. The SMILES string of the molecule is O=C(CCl)NNC(=O)OC[C@H]1OC2C=C(C(=O)O)N3C(=O)[C@H]([C@@H]23)N1C(=O)O. The van der Waals surface area contributed by atoms with E-state index in [2.05, 4.69) is 0 Å². The fourth-order valence-electron chi connectivity index (χ4n) is 3.14. The molecule has 3 aliphatic heterocycles. The molecule has 4 atom stereocenters. The molecule has 4 amide bonds. The highest BCUT2D eigenvalue weighted by atomic mass is 35.5. The number of halogens is 1. The summed E-state index contributed by atoms with van der Waals surface area (Å²) in [6.45, 7) is -0.599. The molecule has 0 aliphatic carbocycles. The number of alkyl halides is 1. The van der Waals surface area contributed by atoms with Gasteiger partial charge in [0.25, 0.3) is 11.8 Å². The number of ether oxygens (including phenoxy) is 2. The molecule has 2 fully saturated rings. The number of rotatable bonds is 4. The van der Waals surface area contributed by atoms with Gasteiger partial charge in [-0.1, -0.05) is 0 Å². The van der Waals surface area contributed by atoms with Crippen molar-refractivity contribution in [2.24, 2.45) is 0 Å². The lowest BCUT2D eigenvalue weighted by Gasteiger charge is -2.54. The number of nitrogens with one attached hydrogen (secondary N) is 2. The minimum absolute atomic E-state index is 0.292. The number of carbonyl (C=O) groups excluding carboxylic acids is 3. The van der Waals surface area contributed by atoms with E-state index < -0.39 is 66.9 Å². The van der Waals surface area contributed by atoms with Crippen molar-refractivity contribution in [1.29, 1.82) is 0 Å². The van der Waals surface area contributed by atoms with Gasteiger partial charge in [0, 0.05) is 0 Å². The molecule has 0 aromatic rings. The normalized spacial score (nSPS) is 27.9. The molecule has 3 rings (SSSR count). The summed E-state index contributed by atoms with van der Waals surface area (Å²) in [7, 11) is 0. The van der Waals surface area contributed by atoms with Gasteiger partial charge in [-0.15, -0.1) is 11.6 Å². The van der Waals surface area contributed by atoms with Crippen LogP contribution in [-0.2, 0) is 23.9 Å². The van der Waals surface area contributed by atoms with Gasteiger partial charge in [-0.25, -0.2) is 19.8 Å². The third kappa shape index (κ3) is 3.10. The highest BCUT2D eigenvalue weighted by Gasteiger charge is 2.65. The quantitative estimate of drug-likeness (QED) is 0.240. The number of hydrazine groups is 1. The molecule has 0 aromatic carbocycles. The summed E-state index contributed by atoms with van der Waals surface area (Å²) < 4.78 is 10.3. The summed E-state index contributed by atoms with van der Waals surface area (Å²) in [5.74, 6) is -3.15. The van der Waals surface area contributed by atoms with Crippen LogP contribution in [0.2, 0.25) is 0 Å². The summed E-state index contributed by atoms with van der Waals surface area (Å²) in [5, 5.41) is 18.5. The summed E-state index contributed by atoms with van der Waals surface area (Å²) in [6.07, 6.45) is -3.61. The fourth-order valence-corrected chi connectivity index (χ4v) is 3.20. The molecule has 27 heavy (non-hydrogen) atoms. The Bertz CT molecular complexity index is 756. The van der Waals surface area contributed by atoms with E-state index in [9.17, 15) is 29.1 Å². The van der Waals surface area contributed by atoms with Crippen LogP contribution in [0.5, 0.6) is 0 Å². The van der Waals surface area contributed by atoms with Crippen LogP contribution in [0, 0.1) is 0 Å². The smallest absolute Gasteiger partial charge is 0.426 e. The van der Waals surface area contributed by atoms with Gasteiger partial charge in [0.15, 0.2) is 6.23 Å². The number of β-lactam (4-membered cyclic amide) rings is 1. The van der Waals surface area contributed by atoms with Gasteiger partial charge in [-0.3, -0.25) is 24.8 Å². The van der Waals surface area contributed by atoms with Gasteiger partial charge in [0.05, 0.1) is 6.04 Å². The predicted molar refractivity (Wildman–Crippen MR) is 82.0 cm³/mol. The molecule has 3 aliphatic rings. The van der Waals surface area contributed by atoms with Crippen molar-refractivity contribution in [2.75, 3.05) is 12.5 Å². The summed E-state index contributed by atoms with van der Waals surface area (Å²) >= 11 is 5.23. The lowest BCUT2D eigenvalue weighted by Crippen LogP contribution is -2.77. The molecule has 13 nitrogen and oxygen atoms in total. The van der Waals surface area contributed by atoms with Crippen molar-refractivity contribution in [2.45, 2.75) is 24.4 Å². The molecule has 0 spiro atoms. The number of carboxylic acids is 1. The maximum absolute atomic E-state index is 12.3. The Hall–Kier alpha value is -3.06. The van der Waals surface area contributed by atoms with Gasteiger partial charge in [-0.05, 0) is 6.08 Å². The summed E-state index contributed by atoms with van der Waals surface area (Å²) in [4.78, 5) is 59.2. The van der Waals surface area contributed by atoms with Crippen LogP contribution in [0.3, 0.4) is 0 Å². The molecule has 146 valence electrons. The second-order valence-corrected chi connectivity index (χ2v) is 5.92. The molecule has 14 heteroatoms. The topological polar surface area (TPSA) is 175 Å². The van der Waals surface area contributed by atoms with Crippen LogP contribution >= 0.6 is 11.6 Å². The number of amides is 4. The molecule has 0 saturated carbocycles. The van der Waals surface area contributed by atoms with Crippen molar-refractivity contribution in [3.63, 3.8) is 0 Å². The van der Waals surface area contributed by atoms with Crippen molar-refractivity contribution in [1.82, 2.24) is 20.7 Å². The zero-order valence-electron chi connectivity index (χ0n) is 13.3. The zero-order valence-corrected chi connectivity index (χ0v) is 14.1. The number of carboxylic acid groups (broad SMARTS) is 2. The van der Waals surface area contributed by atoms with Crippen molar-refractivity contribution < 1.29 is 43.7 Å². The Morgan fingerprint density at radius 1 is 1.26 bits per heavy atom. The third-order valence-corrected chi connectivity index (χ3v) is 4.42. The molecule has 0 aromatic heterocycles. The molecule has 0 radical (unpaired) electrons. The first kappa shape index (κ1) is 18.7. The van der Waals surface area contributed by atoms with Gasteiger partial charge in [0.2, 0.25) is 0 Å². The lowest BCUT2D eigenvalue weighted by atomic mass is 9.90. The average molecular weight is 405 g/mol. The first-order chi connectivity index (χ1) is 12.8. The number of nitrogens with zero attached hydrogens (tertiary/aromatic N) is 2. The van der Waals surface area contributed by atoms with Crippen LogP contribution < -0.4 is 10.9 Å². The molecule has 2 saturated heterocycles. The maximum Gasteiger partial charge on any atom is 0.426 e. The molecular weight excluding hydrogens is 392 g/mol. The van der Waals surface area contributed by atoms with Gasteiger partial charge >= 0.3 is 18.2 Å². The summed E-state index contributed by atoms with van der Waals surface area (Å²) in [5.41, 5.74) is 3.52. The van der Waals surface area contributed by atoms with Crippen LogP contribution in [0.1, 0.15) is 0 Å². The maximum atomic E-state index is 12.3. The van der Waals surface area contributed by atoms with Crippen molar-refractivity contribution in [3.05, 3.63) is 11.8 Å². The Kier molecular flexibility index (Phi) is 4.80. The van der Waals surface area contributed by atoms with Gasteiger partial charge < -0.3 is 19.7 Å². The predicted octanol–water partition coefficient (Wildman–Crippen LogP) is -1.75. The van der Waals surface area contributed by atoms with E-state index in [0.29, 0.717) is 4.90 Å². The number of hydrogen-bond acceptors (Lipinski definition) is 7. The Morgan fingerprint density at radius 3 is 2.56 bits per heavy atom. The Labute approximate surface area is 155 Å². The monoisotopic (exact) mass is 404 g/mol. The highest BCUT2D eigenvalue weighted by Crippen LogP contribution is 2.43. The Morgan fingerprint density at radius 2 is 1.96 bits per heavy atom. The van der Waals surface area contributed by atoms with Crippen molar-refractivity contribution >= 4 is 41.6 Å². The zero-order chi connectivity index (χ0) is 19.9. The van der Waals surface area contributed by atoms with Crippen LogP contribution in [0.4, 0.5) is 9.59 Å². The van der Waals surface area contributed by atoms with Crippen LogP contribution in [0.15, 0.2) is 11.8 Å². The summed E-state index contributed by atoms with van der Waals surface area (Å²) in [6, 6.07) is -1.94. The van der Waals surface area contributed by atoms with E-state index in [1.54, 1.807) is 0 Å². The van der Waals surface area contributed by atoms with E-state index in [1.165, 1.54) is 6.08 Å². The third-order valence-electron chi connectivity index (χ3n) is 4.18. The fraction of sp³-hybridized carbons (Fsp3) is 0.462. The molecular formula is C13H13ClN4O9. The minimum atomic E-state index is -1.50. The number of carbonyl (C=O) groups is 5. The van der Waals surface area contributed by atoms with E-state index in [0.717, 1.165) is 4.90 Å².